The maximum Gasteiger partial charge on any atom is 0.331 e. The van der Waals surface area contributed by atoms with Gasteiger partial charge < -0.3 is 16.2 Å². The standard InChI is InChI=1S/C13H17N3O2/c1-18-12(17)11(16-13(14)15)10-7-6-8-4-2-3-5-9(8)10/h2-5,10-11H,6-7H2,1H3,(H4,14,15,16). The second kappa shape index (κ2) is 5.08. The van der Waals surface area contributed by atoms with Crippen LogP contribution in [-0.4, -0.2) is 25.1 Å². The minimum atomic E-state index is -0.649. The number of benzene rings is 1. The van der Waals surface area contributed by atoms with Gasteiger partial charge in [0.15, 0.2) is 12.0 Å². The molecule has 5 nitrogen and oxygen atoms in total. The van der Waals surface area contributed by atoms with E-state index in [4.69, 9.17) is 16.2 Å². The van der Waals surface area contributed by atoms with E-state index < -0.39 is 12.0 Å². The summed E-state index contributed by atoms with van der Waals surface area (Å²) >= 11 is 0. The molecule has 0 spiro atoms. The average Bonchev–Trinajstić information content (AvgIpc) is 2.78. The lowest BCUT2D eigenvalue weighted by Crippen LogP contribution is -2.33. The quantitative estimate of drug-likeness (QED) is 0.463. The molecule has 18 heavy (non-hydrogen) atoms. The minimum Gasteiger partial charge on any atom is -0.467 e. The maximum atomic E-state index is 11.8. The molecule has 1 aliphatic carbocycles. The summed E-state index contributed by atoms with van der Waals surface area (Å²) in [5.74, 6) is -0.490. The van der Waals surface area contributed by atoms with E-state index in [0.717, 1.165) is 18.4 Å². The van der Waals surface area contributed by atoms with E-state index in [-0.39, 0.29) is 11.9 Å². The summed E-state index contributed by atoms with van der Waals surface area (Å²) in [6.07, 6.45) is 1.80. The molecule has 0 bridgehead atoms. The Bertz CT molecular complexity index is 481. The molecular weight excluding hydrogens is 230 g/mol. The van der Waals surface area contributed by atoms with Gasteiger partial charge in [-0.3, -0.25) is 0 Å². The highest BCUT2D eigenvalue weighted by Gasteiger charge is 2.34. The lowest BCUT2D eigenvalue weighted by molar-refractivity contribution is -0.142. The molecule has 96 valence electrons. The van der Waals surface area contributed by atoms with Crippen LogP contribution in [0.25, 0.3) is 0 Å². The SMILES string of the molecule is COC(=O)C(N=C(N)N)C1CCc2ccccc21. The molecule has 1 aromatic carbocycles. The number of ether oxygens (including phenoxy) is 1. The van der Waals surface area contributed by atoms with Crippen LogP contribution in [0.15, 0.2) is 29.3 Å². The van der Waals surface area contributed by atoms with E-state index in [1.54, 1.807) is 0 Å². The topological polar surface area (TPSA) is 90.7 Å². The van der Waals surface area contributed by atoms with Crippen molar-refractivity contribution in [2.75, 3.05) is 7.11 Å². The first-order valence-electron chi connectivity index (χ1n) is 5.88. The fourth-order valence-electron chi connectivity index (χ4n) is 2.51. The predicted octanol–water partition coefficient (Wildman–Crippen LogP) is 0.531. The Morgan fingerprint density at radius 3 is 2.83 bits per heavy atom. The molecule has 0 fully saturated rings. The largest absolute Gasteiger partial charge is 0.467 e. The third kappa shape index (κ3) is 2.30. The van der Waals surface area contributed by atoms with Crippen LogP contribution in [0.4, 0.5) is 0 Å². The number of hydrogen-bond acceptors (Lipinski definition) is 3. The molecule has 2 atom stereocenters. The molecule has 0 aliphatic heterocycles. The fraction of sp³-hybridized carbons (Fsp3) is 0.385. The Labute approximate surface area is 106 Å². The number of nitrogens with zero attached hydrogens (tertiary/aromatic N) is 1. The highest BCUT2D eigenvalue weighted by atomic mass is 16.5. The van der Waals surface area contributed by atoms with Crippen molar-refractivity contribution >= 4 is 11.9 Å². The number of guanidine groups is 1. The van der Waals surface area contributed by atoms with E-state index in [2.05, 4.69) is 11.1 Å². The van der Waals surface area contributed by atoms with Crippen molar-refractivity contribution in [3.05, 3.63) is 35.4 Å². The van der Waals surface area contributed by atoms with Crippen molar-refractivity contribution in [1.82, 2.24) is 0 Å². The number of nitrogens with two attached hydrogens (primary N) is 2. The lowest BCUT2D eigenvalue weighted by atomic mass is 9.93. The third-order valence-electron chi connectivity index (χ3n) is 3.29. The number of carbonyl (C=O) groups is 1. The van der Waals surface area contributed by atoms with Crippen molar-refractivity contribution in [1.29, 1.82) is 0 Å². The van der Waals surface area contributed by atoms with Crippen LogP contribution in [0.5, 0.6) is 0 Å². The van der Waals surface area contributed by atoms with Gasteiger partial charge in [-0.1, -0.05) is 24.3 Å². The van der Waals surface area contributed by atoms with E-state index in [0.29, 0.717) is 0 Å². The molecule has 0 radical (unpaired) electrons. The van der Waals surface area contributed by atoms with E-state index >= 15 is 0 Å². The van der Waals surface area contributed by atoms with Gasteiger partial charge in [-0.25, -0.2) is 9.79 Å². The van der Waals surface area contributed by atoms with Gasteiger partial charge in [0.1, 0.15) is 0 Å². The van der Waals surface area contributed by atoms with Crippen LogP contribution in [-0.2, 0) is 16.0 Å². The van der Waals surface area contributed by atoms with Crippen LogP contribution >= 0.6 is 0 Å². The number of hydrogen-bond donors (Lipinski definition) is 2. The molecule has 2 unspecified atom stereocenters. The molecular formula is C13H17N3O2. The fourth-order valence-corrected chi connectivity index (χ4v) is 2.51. The van der Waals surface area contributed by atoms with Crippen molar-refractivity contribution in [2.45, 2.75) is 24.8 Å². The molecule has 4 N–H and O–H groups in total. The van der Waals surface area contributed by atoms with E-state index in [9.17, 15) is 4.79 Å². The zero-order chi connectivity index (χ0) is 13.1. The average molecular weight is 247 g/mol. The minimum absolute atomic E-state index is 0.00394. The number of rotatable bonds is 3. The first kappa shape index (κ1) is 12.4. The second-order valence-corrected chi connectivity index (χ2v) is 4.37. The molecule has 0 aromatic heterocycles. The van der Waals surface area contributed by atoms with Crippen LogP contribution in [0.2, 0.25) is 0 Å². The van der Waals surface area contributed by atoms with Crippen LogP contribution < -0.4 is 11.5 Å². The van der Waals surface area contributed by atoms with Gasteiger partial charge in [0.25, 0.3) is 0 Å². The number of aliphatic imine (C=N–C) groups is 1. The summed E-state index contributed by atoms with van der Waals surface area (Å²) in [7, 11) is 1.35. The van der Waals surface area contributed by atoms with Gasteiger partial charge in [0.2, 0.25) is 0 Å². The molecule has 0 heterocycles. The Morgan fingerprint density at radius 2 is 2.17 bits per heavy atom. The Balaban J connectivity index is 2.34. The van der Waals surface area contributed by atoms with Gasteiger partial charge in [0.05, 0.1) is 7.11 Å². The van der Waals surface area contributed by atoms with Crippen LogP contribution in [0.3, 0.4) is 0 Å². The molecule has 0 saturated heterocycles. The predicted molar refractivity (Wildman–Crippen MR) is 69.1 cm³/mol. The van der Waals surface area contributed by atoms with Gasteiger partial charge in [0, 0.05) is 5.92 Å². The highest BCUT2D eigenvalue weighted by molar-refractivity contribution is 5.83. The first-order chi connectivity index (χ1) is 8.63. The van der Waals surface area contributed by atoms with Crippen molar-refractivity contribution < 1.29 is 9.53 Å². The van der Waals surface area contributed by atoms with Crippen LogP contribution in [0, 0.1) is 0 Å². The second-order valence-electron chi connectivity index (χ2n) is 4.37. The summed E-state index contributed by atoms with van der Waals surface area (Å²) < 4.78 is 4.78. The highest BCUT2D eigenvalue weighted by Crippen LogP contribution is 2.36. The molecule has 0 amide bonds. The number of methoxy groups -OCH3 is 1. The van der Waals surface area contributed by atoms with Gasteiger partial charge in [-0.05, 0) is 24.0 Å². The zero-order valence-electron chi connectivity index (χ0n) is 10.3. The Morgan fingerprint density at radius 1 is 1.44 bits per heavy atom. The third-order valence-corrected chi connectivity index (χ3v) is 3.29. The maximum absolute atomic E-state index is 11.8. The van der Waals surface area contributed by atoms with Gasteiger partial charge in [-0.15, -0.1) is 0 Å². The number of aryl methyl sites for hydroxylation is 1. The van der Waals surface area contributed by atoms with Crippen LogP contribution in [0.1, 0.15) is 23.5 Å². The van der Waals surface area contributed by atoms with Crippen molar-refractivity contribution in [3.63, 3.8) is 0 Å². The normalized spacial score (nSPS) is 18.8. The Kier molecular flexibility index (Phi) is 3.50. The first-order valence-corrected chi connectivity index (χ1v) is 5.88. The number of esters is 1. The molecule has 2 rings (SSSR count). The zero-order valence-corrected chi connectivity index (χ0v) is 10.3. The smallest absolute Gasteiger partial charge is 0.331 e. The summed E-state index contributed by atoms with van der Waals surface area (Å²) in [6, 6.07) is 7.39. The summed E-state index contributed by atoms with van der Waals surface area (Å²) in [5.41, 5.74) is 13.2. The van der Waals surface area contributed by atoms with Crippen molar-refractivity contribution in [3.8, 4) is 0 Å². The number of fused-ring (bicyclic) bond motifs is 1. The molecule has 0 saturated carbocycles. The monoisotopic (exact) mass is 247 g/mol. The molecule has 1 aromatic rings. The summed E-state index contributed by atoms with van der Waals surface area (Å²) in [4.78, 5) is 15.8. The van der Waals surface area contributed by atoms with Crippen molar-refractivity contribution in [2.24, 2.45) is 16.5 Å². The molecule has 1 aliphatic rings. The van der Waals surface area contributed by atoms with Gasteiger partial charge >= 0.3 is 5.97 Å². The van der Waals surface area contributed by atoms with E-state index in [1.807, 2.05) is 18.2 Å². The summed E-state index contributed by atoms with van der Waals surface area (Å²) in [6.45, 7) is 0. The number of carbonyl (C=O) groups excluding carboxylic acids is 1. The summed E-state index contributed by atoms with van der Waals surface area (Å²) in [5, 5.41) is 0. The lowest BCUT2D eigenvalue weighted by Gasteiger charge is -2.18. The van der Waals surface area contributed by atoms with E-state index in [1.165, 1.54) is 12.7 Å². The van der Waals surface area contributed by atoms with Gasteiger partial charge in [-0.2, -0.15) is 0 Å². The Hall–Kier alpha value is -2.04. The molecule has 5 heteroatoms.